The van der Waals surface area contributed by atoms with Gasteiger partial charge in [0.1, 0.15) is 0 Å². The van der Waals surface area contributed by atoms with E-state index in [1.807, 2.05) is 45.1 Å². The molecule has 142 valence electrons. The summed E-state index contributed by atoms with van der Waals surface area (Å²) >= 11 is 0. The Bertz CT molecular complexity index is 697. The number of carboxylic acids is 1. The van der Waals surface area contributed by atoms with Gasteiger partial charge in [-0.05, 0) is 37.0 Å². The van der Waals surface area contributed by atoms with Crippen LogP contribution in [0.15, 0.2) is 24.3 Å². The van der Waals surface area contributed by atoms with E-state index in [0.717, 1.165) is 5.56 Å². The van der Waals surface area contributed by atoms with Crippen molar-refractivity contribution >= 4 is 18.0 Å². The first-order valence-electron chi connectivity index (χ1n) is 8.78. The molecule has 1 fully saturated rings. The number of amides is 1. The molecule has 1 aromatic carbocycles. The molecule has 1 aromatic rings. The Hall–Kier alpha value is -2.50. The molecule has 1 heterocycles. The highest BCUT2D eigenvalue weighted by Crippen LogP contribution is 2.38. The average Bonchev–Trinajstić information content (AvgIpc) is 3.07. The minimum Gasteiger partial charge on any atom is -0.493 e. The lowest BCUT2D eigenvalue weighted by Crippen LogP contribution is -2.41. The zero-order valence-electron chi connectivity index (χ0n) is 15.8. The molecule has 26 heavy (non-hydrogen) atoms. The summed E-state index contributed by atoms with van der Waals surface area (Å²) in [7, 11) is 1.55. The van der Waals surface area contributed by atoms with Gasteiger partial charge in [0.2, 0.25) is 0 Å². The quantitative estimate of drug-likeness (QED) is 0.808. The van der Waals surface area contributed by atoms with Crippen LogP contribution in [0.2, 0.25) is 0 Å². The molecule has 0 aromatic heterocycles. The smallest absolute Gasteiger partial charge is 0.311 e. The third-order valence-electron chi connectivity index (χ3n) is 5.08. The van der Waals surface area contributed by atoms with Crippen molar-refractivity contribution in [3.8, 4) is 11.5 Å². The minimum absolute atomic E-state index is 0.0435. The third-order valence-corrected chi connectivity index (χ3v) is 5.08. The second-order valence-corrected chi connectivity index (χ2v) is 6.88. The number of benzene rings is 1. The predicted molar refractivity (Wildman–Crippen MR) is 99.3 cm³/mol. The number of carbonyl (C=O) groups excluding carboxylic acids is 1. The van der Waals surface area contributed by atoms with E-state index in [2.05, 4.69) is 0 Å². The van der Waals surface area contributed by atoms with Gasteiger partial charge in [-0.3, -0.25) is 9.59 Å². The van der Waals surface area contributed by atoms with Gasteiger partial charge in [-0.1, -0.05) is 32.1 Å². The summed E-state index contributed by atoms with van der Waals surface area (Å²) in [6.07, 6.45) is 4.34. The fourth-order valence-corrected chi connectivity index (χ4v) is 3.27. The van der Waals surface area contributed by atoms with Crippen molar-refractivity contribution in [1.29, 1.82) is 0 Å². The summed E-state index contributed by atoms with van der Waals surface area (Å²) in [6.45, 7) is 6.21. The molecule has 0 aliphatic carbocycles. The van der Waals surface area contributed by atoms with E-state index >= 15 is 0 Å². The van der Waals surface area contributed by atoms with Crippen LogP contribution in [0.5, 0.6) is 11.5 Å². The molecular weight excluding hydrogens is 334 g/mol. The van der Waals surface area contributed by atoms with Crippen LogP contribution >= 0.6 is 0 Å². The molecule has 0 radical (unpaired) electrons. The first-order valence-corrected chi connectivity index (χ1v) is 8.78. The van der Waals surface area contributed by atoms with Crippen molar-refractivity contribution in [3.05, 3.63) is 29.8 Å². The van der Waals surface area contributed by atoms with Gasteiger partial charge < -0.3 is 19.5 Å². The molecule has 1 atom stereocenters. The van der Waals surface area contributed by atoms with Crippen LogP contribution in [0.4, 0.5) is 0 Å². The van der Waals surface area contributed by atoms with Gasteiger partial charge >= 0.3 is 5.97 Å². The summed E-state index contributed by atoms with van der Waals surface area (Å²) < 4.78 is 11.0. The van der Waals surface area contributed by atoms with Gasteiger partial charge in [-0.25, -0.2) is 0 Å². The number of hydrogen-bond acceptors (Lipinski definition) is 4. The molecule has 1 aliphatic heterocycles. The Kier molecular flexibility index (Phi) is 6.29. The predicted octanol–water partition coefficient (Wildman–Crippen LogP) is 3.07. The van der Waals surface area contributed by atoms with E-state index in [4.69, 9.17) is 9.47 Å². The fourth-order valence-electron chi connectivity index (χ4n) is 3.27. The van der Waals surface area contributed by atoms with E-state index in [0.29, 0.717) is 24.5 Å². The van der Waals surface area contributed by atoms with Gasteiger partial charge in [-0.2, -0.15) is 0 Å². The van der Waals surface area contributed by atoms with Crippen LogP contribution < -0.4 is 9.47 Å². The fraction of sp³-hybridized carbons (Fsp3) is 0.500. The second-order valence-electron chi connectivity index (χ2n) is 6.88. The Labute approximate surface area is 154 Å². The number of carbonyl (C=O) groups is 2. The first kappa shape index (κ1) is 19.8. The number of nitrogens with zero attached hydrogens (tertiary/aromatic N) is 1. The Morgan fingerprint density at radius 2 is 2.08 bits per heavy atom. The normalized spacial score (nSPS) is 20.0. The highest BCUT2D eigenvalue weighted by Gasteiger charge is 2.48. The van der Waals surface area contributed by atoms with Crippen molar-refractivity contribution in [2.75, 3.05) is 26.8 Å². The molecule has 0 saturated carbocycles. The minimum atomic E-state index is -0.874. The maximum Gasteiger partial charge on any atom is 0.311 e. The zero-order chi connectivity index (χ0) is 19.3. The third kappa shape index (κ3) is 4.00. The van der Waals surface area contributed by atoms with Crippen molar-refractivity contribution in [1.82, 2.24) is 4.90 Å². The molecule has 6 nitrogen and oxygen atoms in total. The molecule has 0 bridgehead atoms. The lowest BCUT2D eigenvalue weighted by atomic mass is 9.76. The van der Waals surface area contributed by atoms with Gasteiger partial charge in [0.25, 0.3) is 5.91 Å². The summed E-state index contributed by atoms with van der Waals surface area (Å²) in [5.41, 5.74) is 0.104. The Morgan fingerprint density at radius 1 is 1.35 bits per heavy atom. The standard InChI is InChI=1S/C20H27NO5/c1-5-6-15-7-8-16(17(11-15)25-4)26-12-18(22)21-10-9-20(13-21,14(2)3)19(23)24/h5-8,11,14H,9-10,12-13H2,1-4H3,(H,23,24)/b6-5+. The molecule has 0 spiro atoms. The molecule has 6 heteroatoms. The van der Waals surface area contributed by atoms with Crippen LogP contribution in [-0.2, 0) is 9.59 Å². The molecule has 1 unspecified atom stereocenters. The van der Waals surface area contributed by atoms with Crippen molar-refractivity contribution < 1.29 is 24.2 Å². The van der Waals surface area contributed by atoms with Crippen LogP contribution in [0, 0.1) is 11.3 Å². The van der Waals surface area contributed by atoms with Crippen LogP contribution in [0.3, 0.4) is 0 Å². The zero-order valence-corrected chi connectivity index (χ0v) is 15.8. The Morgan fingerprint density at radius 3 is 2.62 bits per heavy atom. The maximum absolute atomic E-state index is 12.5. The summed E-state index contributed by atoms with van der Waals surface area (Å²) in [5, 5.41) is 9.59. The van der Waals surface area contributed by atoms with E-state index in [-0.39, 0.29) is 25.0 Å². The van der Waals surface area contributed by atoms with E-state index in [1.165, 1.54) is 0 Å². The number of ether oxygens (including phenoxy) is 2. The summed E-state index contributed by atoms with van der Waals surface area (Å²) in [4.78, 5) is 25.7. The molecular formula is C20H27NO5. The number of hydrogen-bond donors (Lipinski definition) is 1. The first-order chi connectivity index (χ1) is 12.3. The van der Waals surface area contributed by atoms with Crippen molar-refractivity contribution in [2.24, 2.45) is 11.3 Å². The van der Waals surface area contributed by atoms with E-state index in [9.17, 15) is 14.7 Å². The number of carboxylic acid groups (broad SMARTS) is 1. The highest BCUT2D eigenvalue weighted by atomic mass is 16.5. The van der Waals surface area contributed by atoms with Crippen molar-refractivity contribution in [2.45, 2.75) is 27.2 Å². The van der Waals surface area contributed by atoms with Crippen LogP contribution in [0.1, 0.15) is 32.8 Å². The molecule has 1 saturated heterocycles. The number of aliphatic carboxylic acids is 1. The number of allylic oxidation sites excluding steroid dienone is 1. The summed E-state index contributed by atoms with van der Waals surface area (Å²) in [6, 6.07) is 5.48. The second kappa shape index (κ2) is 8.25. The number of rotatable bonds is 7. The lowest BCUT2D eigenvalue weighted by molar-refractivity contribution is -0.151. The number of methoxy groups -OCH3 is 1. The molecule has 1 amide bonds. The largest absolute Gasteiger partial charge is 0.493 e. The monoisotopic (exact) mass is 361 g/mol. The van der Waals surface area contributed by atoms with Crippen LogP contribution in [-0.4, -0.2) is 48.7 Å². The molecule has 1 aliphatic rings. The number of likely N-dealkylation sites (tertiary alicyclic amines) is 1. The lowest BCUT2D eigenvalue weighted by Gasteiger charge is -2.28. The average molecular weight is 361 g/mol. The highest BCUT2D eigenvalue weighted by molar-refractivity contribution is 5.81. The Balaban J connectivity index is 2.02. The van der Waals surface area contributed by atoms with E-state index in [1.54, 1.807) is 18.1 Å². The van der Waals surface area contributed by atoms with Gasteiger partial charge in [0, 0.05) is 13.1 Å². The maximum atomic E-state index is 12.5. The van der Waals surface area contributed by atoms with Crippen molar-refractivity contribution in [3.63, 3.8) is 0 Å². The van der Waals surface area contributed by atoms with E-state index < -0.39 is 11.4 Å². The van der Waals surface area contributed by atoms with Crippen LogP contribution in [0.25, 0.3) is 6.08 Å². The topological polar surface area (TPSA) is 76.1 Å². The van der Waals surface area contributed by atoms with Gasteiger partial charge in [0.05, 0.1) is 12.5 Å². The SMILES string of the molecule is C/C=C/c1ccc(OCC(=O)N2CCC(C(=O)O)(C(C)C)C2)c(OC)c1. The van der Waals surface area contributed by atoms with Gasteiger partial charge in [0.15, 0.2) is 18.1 Å². The molecule has 2 rings (SSSR count). The summed E-state index contributed by atoms with van der Waals surface area (Å²) in [5.74, 6) is -0.0603. The molecule has 1 N–H and O–H groups in total. The van der Waals surface area contributed by atoms with Gasteiger partial charge in [-0.15, -0.1) is 0 Å².